The SMILES string of the molecule is CN1CCN(CCCOc2cccc(/C=C3\SC(=O)NC3=O)c2)CC1. The van der Waals surface area contributed by atoms with E-state index in [1.54, 1.807) is 6.08 Å². The minimum absolute atomic E-state index is 0.326. The number of nitrogens with one attached hydrogen (secondary N) is 1. The number of nitrogens with zero attached hydrogens (tertiary/aromatic N) is 2. The average molecular weight is 361 g/mol. The summed E-state index contributed by atoms with van der Waals surface area (Å²) in [5, 5.41) is 1.93. The number of hydrogen-bond acceptors (Lipinski definition) is 6. The zero-order valence-corrected chi connectivity index (χ0v) is 15.2. The summed E-state index contributed by atoms with van der Waals surface area (Å²) in [6.07, 6.45) is 2.70. The lowest BCUT2D eigenvalue weighted by molar-refractivity contribution is -0.115. The van der Waals surface area contributed by atoms with Gasteiger partial charge in [-0.15, -0.1) is 0 Å². The summed E-state index contributed by atoms with van der Waals surface area (Å²) in [7, 11) is 2.16. The van der Waals surface area contributed by atoms with Gasteiger partial charge in [-0.3, -0.25) is 14.9 Å². The Hall–Kier alpha value is -1.83. The molecule has 1 aromatic carbocycles. The van der Waals surface area contributed by atoms with Crippen LogP contribution < -0.4 is 10.1 Å². The highest BCUT2D eigenvalue weighted by Gasteiger charge is 2.24. The third-order valence-electron chi connectivity index (χ3n) is 4.28. The maximum atomic E-state index is 11.6. The van der Waals surface area contributed by atoms with Crippen LogP contribution in [0.2, 0.25) is 0 Å². The Morgan fingerprint density at radius 1 is 1.24 bits per heavy atom. The van der Waals surface area contributed by atoms with E-state index in [0.717, 1.165) is 62.2 Å². The molecule has 2 amide bonds. The summed E-state index contributed by atoms with van der Waals surface area (Å²) in [6, 6.07) is 7.58. The fourth-order valence-corrected chi connectivity index (χ4v) is 3.50. The second-order valence-electron chi connectivity index (χ2n) is 6.27. The number of carbonyl (C=O) groups excluding carboxylic acids is 2. The largest absolute Gasteiger partial charge is 0.494 e. The quantitative estimate of drug-likeness (QED) is 0.618. The van der Waals surface area contributed by atoms with Crippen molar-refractivity contribution >= 4 is 29.0 Å². The van der Waals surface area contributed by atoms with Crippen molar-refractivity contribution in [1.29, 1.82) is 0 Å². The van der Waals surface area contributed by atoms with E-state index in [-0.39, 0.29) is 11.1 Å². The first-order valence-corrected chi connectivity index (χ1v) is 9.30. The molecular formula is C18H23N3O3S. The molecule has 2 aliphatic heterocycles. The van der Waals surface area contributed by atoms with E-state index in [2.05, 4.69) is 22.2 Å². The molecule has 25 heavy (non-hydrogen) atoms. The number of hydrogen-bond donors (Lipinski definition) is 1. The van der Waals surface area contributed by atoms with Crippen molar-refractivity contribution in [3.63, 3.8) is 0 Å². The summed E-state index contributed by atoms with van der Waals surface area (Å²) < 4.78 is 5.83. The number of imide groups is 1. The summed E-state index contributed by atoms with van der Waals surface area (Å²) >= 11 is 0.924. The summed E-state index contributed by atoms with van der Waals surface area (Å²) in [4.78, 5) is 28.0. The Bertz CT molecular complexity index is 669. The van der Waals surface area contributed by atoms with Gasteiger partial charge in [0.05, 0.1) is 11.5 Å². The van der Waals surface area contributed by atoms with Gasteiger partial charge in [-0.2, -0.15) is 0 Å². The van der Waals surface area contributed by atoms with E-state index in [0.29, 0.717) is 11.5 Å². The third kappa shape index (κ3) is 5.32. The van der Waals surface area contributed by atoms with Crippen LogP contribution in [0.1, 0.15) is 12.0 Å². The van der Waals surface area contributed by atoms with E-state index in [1.165, 1.54) is 0 Å². The van der Waals surface area contributed by atoms with Gasteiger partial charge in [-0.1, -0.05) is 12.1 Å². The van der Waals surface area contributed by atoms with E-state index in [4.69, 9.17) is 4.74 Å². The minimum Gasteiger partial charge on any atom is -0.494 e. The molecule has 1 aromatic rings. The van der Waals surface area contributed by atoms with Gasteiger partial charge < -0.3 is 14.5 Å². The molecule has 2 heterocycles. The highest BCUT2D eigenvalue weighted by Crippen LogP contribution is 2.26. The summed E-state index contributed by atoms with van der Waals surface area (Å²) in [5.74, 6) is 0.441. The van der Waals surface area contributed by atoms with Gasteiger partial charge in [0, 0.05) is 32.7 Å². The normalized spacial score (nSPS) is 20.9. The zero-order chi connectivity index (χ0) is 17.6. The predicted octanol–water partition coefficient (Wildman–Crippen LogP) is 2.03. The van der Waals surface area contributed by atoms with Gasteiger partial charge in [0.15, 0.2) is 0 Å². The number of benzene rings is 1. The lowest BCUT2D eigenvalue weighted by Gasteiger charge is -2.32. The van der Waals surface area contributed by atoms with Gasteiger partial charge in [0.2, 0.25) is 0 Å². The van der Waals surface area contributed by atoms with Crippen LogP contribution in [0.3, 0.4) is 0 Å². The Morgan fingerprint density at radius 2 is 2.04 bits per heavy atom. The average Bonchev–Trinajstić information content (AvgIpc) is 2.91. The Labute approximate surface area is 152 Å². The van der Waals surface area contributed by atoms with Gasteiger partial charge in [0.1, 0.15) is 5.75 Å². The molecule has 0 saturated carbocycles. The summed E-state index contributed by atoms with van der Waals surface area (Å²) in [5.41, 5.74) is 0.851. The second-order valence-corrected chi connectivity index (χ2v) is 7.29. The molecule has 2 fully saturated rings. The maximum absolute atomic E-state index is 11.6. The fraction of sp³-hybridized carbons (Fsp3) is 0.444. The molecule has 1 N–H and O–H groups in total. The predicted molar refractivity (Wildman–Crippen MR) is 99.6 cm³/mol. The molecule has 2 saturated heterocycles. The van der Waals surface area contributed by atoms with Gasteiger partial charge >= 0.3 is 0 Å². The molecule has 0 radical (unpaired) electrons. The molecule has 0 unspecified atom stereocenters. The number of amides is 2. The number of thioether (sulfide) groups is 1. The number of piperazine rings is 1. The van der Waals surface area contributed by atoms with Crippen molar-refractivity contribution in [3.8, 4) is 5.75 Å². The lowest BCUT2D eigenvalue weighted by Crippen LogP contribution is -2.44. The fourth-order valence-electron chi connectivity index (χ4n) is 2.82. The smallest absolute Gasteiger partial charge is 0.290 e. The van der Waals surface area contributed by atoms with Crippen molar-refractivity contribution in [1.82, 2.24) is 15.1 Å². The highest BCUT2D eigenvalue weighted by molar-refractivity contribution is 8.18. The topological polar surface area (TPSA) is 61.9 Å². The van der Waals surface area contributed by atoms with Crippen LogP contribution in [0.15, 0.2) is 29.2 Å². The Kier molecular flexibility index (Phi) is 6.12. The van der Waals surface area contributed by atoms with Crippen LogP contribution in [0.4, 0.5) is 4.79 Å². The first-order valence-electron chi connectivity index (χ1n) is 8.49. The molecule has 0 aliphatic carbocycles. The minimum atomic E-state index is -0.339. The second kappa shape index (κ2) is 8.51. The molecule has 0 atom stereocenters. The van der Waals surface area contributed by atoms with Gasteiger partial charge in [-0.05, 0) is 49.0 Å². The van der Waals surface area contributed by atoms with Crippen molar-refractivity contribution < 1.29 is 14.3 Å². The maximum Gasteiger partial charge on any atom is 0.290 e. The Morgan fingerprint density at radius 3 is 2.76 bits per heavy atom. The number of likely N-dealkylation sites (N-methyl/N-ethyl adjacent to an activating group) is 1. The van der Waals surface area contributed by atoms with Crippen molar-refractivity contribution in [2.75, 3.05) is 46.4 Å². The molecule has 7 heteroatoms. The molecule has 3 rings (SSSR count). The molecule has 2 aliphatic rings. The van der Waals surface area contributed by atoms with Crippen LogP contribution in [-0.2, 0) is 4.79 Å². The van der Waals surface area contributed by atoms with Crippen LogP contribution in [0.5, 0.6) is 5.75 Å². The van der Waals surface area contributed by atoms with Crippen LogP contribution in [0, 0.1) is 0 Å². The van der Waals surface area contributed by atoms with Crippen molar-refractivity contribution in [3.05, 3.63) is 34.7 Å². The molecule has 0 bridgehead atoms. The third-order valence-corrected chi connectivity index (χ3v) is 5.09. The molecule has 6 nitrogen and oxygen atoms in total. The molecule has 0 aromatic heterocycles. The number of carbonyl (C=O) groups is 2. The summed E-state index contributed by atoms with van der Waals surface area (Å²) in [6.45, 7) is 6.23. The number of ether oxygens (including phenoxy) is 1. The standard InChI is InChI=1S/C18H23N3O3S/c1-20-7-9-21(10-8-20)6-3-11-24-15-5-2-4-14(12-15)13-16-17(22)19-18(23)25-16/h2,4-5,12-13H,3,6-11H2,1H3,(H,19,22,23)/b16-13-. The number of rotatable bonds is 6. The Balaban J connectivity index is 1.46. The van der Waals surface area contributed by atoms with E-state index in [9.17, 15) is 9.59 Å². The van der Waals surface area contributed by atoms with Crippen LogP contribution in [0.25, 0.3) is 6.08 Å². The van der Waals surface area contributed by atoms with E-state index in [1.807, 2.05) is 24.3 Å². The van der Waals surface area contributed by atoms with Gasteiger partial charge in [0.25, 0.3) is 11.1 Å². The molecule has 134 valence electrons. The zero-order valence-electron chi connectivity index (χ0n) is 14.4. The first kappa shape index (κ1) is 18.0. The van der Waals surface area contributed by atoms with Gasteiger partial charge in [-0.25, -0.2) is 0 Å². The highest BCUT2D eigenvalue weighted by atomic mass is 32.2. The van der Waals surface area contributed by atoms with Crippen LogP contribution in [-0.4, -0.2) is 67.3 Å². The van der Waals surface area contributed by atoms with E-state index >= 15 is 0 Å². The van der Waals surface area contributed by atoms with Crippen molar-refractivity contribution in [2.45, 2.75) is 6.42 Å². The molecule has 0 spiro atoms. The monoisotopic (exact) mass is 361 g/mol. The van der Waals surface area contributed by atoms with Crippen molar-refractivity contribution in [2.24, 2.45) is 0 Å². The van der Waals surface area contributed by atoms with Crippen LogP contribution >= 0.6 is 11.8 Å². The lowest BCUT2D eigenvalue weighted by atomic mass is 10.2. The van der Waals surface area contributed by atoms with E-state index < -0.39 is 0 Å². The molecular weight excluding hydrogens is 338 g/mol. The first-order chi connectivity index (χ1) is 12.1.